The number of carbonyl (C=O) groups excluding carboxylic acids is 2. The van der Waals surface area contributed by atoms with Crippen LogP contribution in [-0.2, 0) is 26.0 Å². The molecule has 0 aromatic heterocycles. The molecule has 2 amide bonds. The molecule has 0 radical (unpaired) electrons. The number of hydrogen-bond donors (Lipinski definition) is 1. The molecule has 10 heteroatoms. The number of anilines is 1. The third-order valence-electron chi connectivity index (χ3n) is 5.93. The number of ether oxygens (including phenoxy) is 2. The van der Waals surface area contributed by atoms with Gasteiger partial charge in [0.2, 0.25) is 15.9 Å². The Labute approximate surface area is 193 Å². The van der Waals surface area contributed by atoms with Gasteiger partial charge < -0.3 is 19.7 Å². The smallest absolute Gasteiger partial charge is 0.265 e. The summed E-state index contributed by atoms with van der Waals surface area (Å²) in [6.45, 7) is 4.35. The van der Waals surface area contributed by atoms with Crippen LogP contribution < -0.4 is 14.8 Å². The summed E-state index contributed by atoms with van der Waals surface area (Å²) in [5.41, 5.74) is 1.86. The van der Waals surface area contributed by atoms with Crippen molar-refractivity contribution in [3.05, 3.63) is 47.5 Å². The first-order valence-electron chi connectivity index (χ1n) is 10.7. The molecule has 2 aliphatic heterocycles. The third kappa shape index (κ3) is 4.67. The van der Waals surface area contributed by atoms with Gasteiger partial charge in [-0.3, -0.25) is 9.59 Å². The van der Waals surface area contributed by atoms with Gasteiger partial charge >= 0.3 is 0 Å². The summed E-state index contributed by atoms with van der Waals surface area (Å²) in [7, 11) is -2.20. The van der Waals surface area contributed by atoms with Gasteiger partial charge in [0.25, 0.3) is 5.91 Å². The first kappa shape index (κ1) is 23.1. The molecule has 0 spiro atoms. The van der Waals surface area contributed by atoms with Crippen LogP contribution in [0.2, 0.25) is 0 Å². The first-order valence-corrected chi connectivity index (χ1v) is 12.2. The largest absolute Gasteiger partial charge is 0.497 e. The summed E-state index contributed by atoms with van der Waals surface area (Å²) in [6, 6.07) is 10.4. The Hall–Kier alpha value is -3.11. The number of hydrogen-bond acceptors (Lipinski definition) is 6. The summed E-state index contributed by atoms with van der Waals surface area (Å²) >= 11 is 0. The maximum Gasteiger partial charge on any atom is 0.265 e. The molecule has 0 unspecified atom stereocenters. The molecule has 176 valence electrons. The number of fused-ring (bicyclic) bond motifs is 1. The van der Waals surface area contributed by atoms with Gasteiger partial charge in [0.05, 0.1) is 24.1 Å². The second-order valence-electron chi connectivity index (χ2n) is 8.17. The van der Waals surface area contributed by atoms with Gasteiger partial charge in [0, 0.05) is 32.2 Å². The average Bonchev–Trinajstić information content (AvgIpc) is 2.80. The van der Waals surface area contributed by atoms with Crippen LogP contribution in [0, 0.1) is 6.92 Å². The quantitative estimate of drug-likeness (QED) is 0.710. The van der Waals surface area contributed by atoms with Crippen LogP contribution in [-0.4, -0.2) is 68.8 Å². The number of sulfonamides is 1. The van der Waals surface area contributed by atoms with E-state index in [9.17, 15) is 18.0 Å². The lowest BCUT2D eigenvalue weighted by Crippen LogP contribution is -2.51. The van der Waals surface area contributed by atoms with Crippen molar-refractivity contribution < 1.29 is 27.5 Å². The summed E-state index contributed by atoms with van der Waals surface area (Å²) in [5.74, 6) is 0.748. The Morgan fingerprint density at radius 3 is 2.45 bits per heavy atom. The van der Waals surface area contributed by atoms with Crippen molar-refractivity contribution in [2.75, 3.05) is 38.6 Å². The zero-order chi connectivity index (χ0) is 23.8. The number of rotatable bonds is 5. The van der Waals surface area contributed by atoms with Gasteiger partial charge in [-0.2, -0.15) is 4.31 Å². The second kappa shape index (κ2) is 9.03. The molecule has 1 N–H and O–H groups in total. The lowest BCUT2D eigenvalue weighted by atomic mass is 10.1. The molecule has 2 aromatic carbocycles. The highest BCUT2D eigenvalue weighted by Crippen LogP contribution is 2.35. The molecule has 1 fully saturated rings. The van der Waals surface area contributed by atoms with Crippen molar-refractivity contribution >= 4 is 27.5 Å². The van der Waals surface area contributed by atoms with Crippen LogP contribution >= 0.6 is 0 Å². The normalized spacial score (nSPS) is 18.8. The van der Waals surface area contributed by atoms with Crippen molar-refractivity contribution in [3.63, 3.8) is 0 Å². The van der Waals surface area contributed by atoms with E-state index >= 15 is 0 Å². The molecule has 2 heterocycles. The van der Waals surface area contributed by atoms with E-state index in [2.05, 4.69) is 5.32 Å². The Morgan fingerprint density at radius 2 is 1.82 bits per heavy atom. The number of benzene rings is 2. The molecule has 1 saturated heterocycles. The van der Waals surface area contributed by atoms with Crippen molar-refractivity contribution in [2.45, 2.75) is 31.3 Å². The summed E-state index contributed by atoms with van der Waals surface area (Å²) < 4.78 is 38.8. The topological polar surface area (TPSA) is 105 Å². The van der Waals surface area contributed by atoms with Crippen molar-refractivity contribution in [1.29, 1.82) is 0 Å². The molecule has 2 aromatic rings. The molecule has 0 saturated carbocycles. The fourth-order valence-electron chi connectivity index (χ4n) is 3.97. The lowest BCUT2D eigenvalue weighted by Gasteiger charge is -2.34. The standard InChI is InChI=1S/C23H27N3O6S/c1-15-12-19-20(32-16(2)23(28)24-19)14-21(15)33(29,30)26-10-8-25(9-11-26)22(27)13-17-4-6-18(31-3)7-5-17/h4-7,12,14,16H,8-11,13H2,1-3H3,(H,24,28)/t16-/m0/s1. The minimum absolute atomic E-state index is 0.0414. The highest BCUT2D eigenvalue weighted by molar-refractivity contribution is 7.89. The highest BCUT2D eigenvalue weighted by atomic mass is 32.2. The predicted molar refractivity (Wildman–Crippen MR) is 122 cm³/mol. The molecule has 0 bridgehead atoms. The number of nitrogens with zero attached hydrogens (tertiary/aromatic N) is 2. The second-order valence-corrected chi connectivity index (χ2v) is 10.1. The Balaban J connectivity index is 1.43. The maximum absolute atomic E-state index is 13.3. The van der Waals surface area contributed by atoms with Gasteiger partial charge in [0.1, 0.15) is 11.5 Å². The van der Waals surface area contributed by atoms with Gasteiger partial charge in [-0.15, -0.1) is 0 Å². The first-order chi connectivity index (χ1) is 15.7. The summed E-state index contributed by atoms with van der Waals surface area (Å²) in [4.78, 5) is 26.4. The van der Waals surface area contributed by atoms with Gasteiger partial charge in [-0.05, 0) is 43.2 Å². The minimum Gasteiger partial charge on any atom is -0.497 e. The molecule has 4 rings (SSSR count). The zero-order valence-electron chi connectivity index (χ0n) is 18.8. The Morgan fingerprint density at radius 1 is 1.15 bits per heavy atom. The van der Waals surface area contributed by atoms with Crippen molar-refractivity contribution in [1.82, 2.24) is 9.21 Å². The van der Waals surface area contributed by atoms with Gasteiger partial charge in [0.15, 0.2) is 6.10 Å². The van der Waals surface area contributed by atoms with Crippen LogP contribution in [0.1, 0.15) is 18.1 Å². The van der Waals surface area contributed by atoms with E-state index < -0.39 is 16.1 Å². The average molecular weight is 474 g/mol. The fraction of sp³-hybridized carbons (Fsp3) is 0.391. The van der Waals surface area contributed by atoms with E-state index in [-0.39, 0.29) is 36.2 Å². The van der Waals surface area contributed by atoms with Gasteiger partial charge in [-0.1, -0.05) is 12.1 Å². The number of amides is 2. The number of carbonyl (C=O) groups is 2. The fourth-order valence-corrected chi connectivity index (χ4v) is 5.61. The van der Waals surface area contributed by atoms with E-state index in [1.165, 1.54) is 10.4 Å². The Bertz CT molecular complexity index is 1170. The van der Waals surface area contributed by atoms with E-state index in [0.717, 1.165) is 11.3 Å². The lowest BCUT2D eigenvalue weighted by molar-refractivity contribution is -0.131. The predicted octanol–water partition coefficient (Wildman–Crippen LogP) is 1.80. The summed E-state index contributed by atoms with van der Waals surface area (Å²) in [6.07, 6.45) is -0.446. The SMILES string of the molecule is COc1ccc(CC(=O)N2CCN(S(=O)(=O)c3cc4c(cc3C)NC(=O)[C@H](C)O4)CC2)cc1. The molecule has 33 heavy (non-hydrogen) atoms. The third-order valence-corrected chi connectivity index (χ3v) is 7.97. The zero-order valence-corrected chi connectivity index (χ0v) is 19.6. The molecule has 2 aliphatic rings. The molecular formula is C23H27N3O6S. The minimum atomic E-state index is -3.78. The van der Waals surface area contributed by atoms with Crippen molar-refractivity contribution in [2.24, 2.45) is 0 Å². The van der Waals surface area contributed by atoms with E-state index in [1.807, 2.05) is 24.3 Å². The molecule has 9 nitrogen and oxygen atoms in total. The number of piperazine rings is 1. The van der Waals surface area contributed by atoms with Crippen LogP contribution in [0.15, 0.2) is 41.3 Å². The van der Waals surface area contributed by atoms with Gasteiger partial charge in [-0.25, -0.2) is 8.42 Å². The Kier molecular flexibility index (Phi) is 6.31. The molecule has 1 atom stereocenters. The highest BCUT2D eigenvalue weighted by Gasteiger charge is 2.33. The monoisotopic (exact) mass is 473 g/mol. The van der Waals surface area contributed by atoms with E-state index in [4.69, 9.17) is 9.47 Å². The van der Waals surface area contributed by atoms with Crippen LogP contribution in [0.5, 0.6) is 11.5 Å². The molecular weight excluding hydrogens is 446 g/mol. The number of methoxy groups -OCH3 is 1. The van der Waals surface area contributed by atoms with E-state index in [1.54, 1.807) is 31.9 Å². The number of aryl methyl sites for hydroxylation is 1. The van der Waals surface area contributed by atoms with Crippen LogP contribution in [0.25, 0.3) is 0 Å². The summed E-state index contributed by atoms with van der Waals surface area (Å²) in [5, 5.41) is 2.73. The van der Waals surface area contributed by atoms with Crippen molar-refractivity contribution in [3.8, 4) is 11.5 Å². The van der Waals surface area contributed by atoms with E-state index in [0.29, 0.717) is 30.1 Å². The molecule has 0 aliphatic carbocycles. The maximum atomic E-state index is 13.3. The van der Waals surface area contributed by atoms with Crippen LogP contribution in [0.4, 0.5) is 5.69 Å². The number of nitrogens with one attached hydrogen (secondary N) is 1. The van der Waals surface area contributed by atoms with Crippen LogP contribution in [0.3, 0.4) is 0 Å².